The second-order valence-electron chi connectivity index (χ2n) is 4.77. The molecule has 6 heteroatoms. The maximum absolute atomic E-state index is 11.8. The molecule has 1 rings (SSSR count). The van der Waals surface area contributed by atoms with Crippen LogP contribution in [0.1, 0.15) is 32.6 Å². The summed E-state index contributed by atoms with van der Waals surface area (Å²) >= 11 is 1.48. The lowest BCUT2D eigenvalue weighted by molar-refractivity contribution is 0.282. The number of nitrogens with one attached hydrogen (secondary N) is 1. The quantitative estimate of drug-likeness (QED) is 0.702. The van der Waals surface area contributed by atoms with Gasteiger partial charge in [-0.2, -0.15) is 11.8 Å². The van der Waals surface area contributed by atoms with E-state index < -0.39 is 10.0 Å². The first-order chi connectivity index (χ1) is 7.98. The Bertz CT molecular complexity index is 311. The second kappa shape index (κ2) is 6.97. The fraction of sp³-hybridized carbons (Fsp3) is 1.00. The van der Waals surface area contributed by atoms with Crippen molar-refractivity contribution in [1.82, 2.24) is 4.72 Å². The highest BCUT2D eigenvalue weighted by Crippen LogP contribution is 2.29. The summed E-state index contributed by atoms with van der Waals surface area (Å²) in [7, 11) is -3.19. The van der Waals surface area contributed by atoms with E-state index >= 15 is 0 Å². The van der Waals surface area contributed by atoms with Gasteiger partial charge in [0, 0.05) is 11.3 Å². The highest BCUT2D eigenvalue weighted by Gasteiger charge is 2.24. The second-order valence-corrected chi connectivity index (χ2v) is 7.72. The normalized spacial score (nSPS) is 20.9. The van der Waals surface area contributed by atoms with E-state index in [1.165, 1.54) is 31.0 Å². The molecule has 0 aromatic rings. The standard InChI is InChI=1S/C11H23NO3S2/c1-9(11(8-13)16-2)12-17(14,15)7-6-10-4-3-5-10/h9-13H,3-8H2,1-2H3. The van der Waals surface area contributed by atoms with Crippen LogP contribution in [-0.2, 0) is 10.0 Å². The van der Waals surface area contributed by atoms with Crippen LogP contribution in [0.2, 0.25) is 0 Å². The third-order valence-corrected chi connectivity index (χ3v) is 6.09. The van der Waals surface area contributed by atoms with E-state index in [0.29, 0.717) is 5.92 Å². The molecular weight excluding hydrogens is 258 g/mol. The third-order valence-electron chi connectivity index (χ3n) is 3.43. The molecule has 2 atom stereocenters. The lowest BCUT2D eigenvalue weighted by Gasteiger charge is -2.26. The first-order valence-electron chi connectivity index (χ1n) is 6.12. The van der Waals surface area contributed by atoms with Crippen LogP contribution in [-0.4, -0.2) is 43.4 Å². The van der Waals surface area contributed by atoms with Gasteiger partial charge in [0.25, 0.3) is 0 Å². The minimum absolute atomic E-state index is 0.00647. The molecule has 0 radical (unpaired) electrons. The average Bonchev–Trinajstić information content (AvgIpc) is 2.15. The molecule has 4 nitrogen and oxygen atoms in total. The van der Waals surface area contributed by atoms with Gasteiger partial charge in [0.05, 0.1) is 12.4 Å². The Labute approximate surface area is 109 Å². The Morgan fingerprint density at radius 1 is 1.47 bits per heavy atom. The van der Waals surface area contributed by atoms with Crippen molar-refractivity contribution in [2.24, 2.45) is 5.92 Å². The van der Waals surface area contributed by atoms with Gasteiger partial charge in [-0.1, -0.05) is 19.3 Å². The van der Waals surface area contributed by atoms with E-state index in [2.05, 4.69) is 4.72 Å². The monoisotopic (exact) mass is 281 g/mol. The number of rotatable bonds is 8. The van der Waals surface area contributed by atoms with E-state index in [1.54, 1.807) is 6.92 Å². The molecule has 17 heavy (non-hydrogen) atoms. The Balaban J connectivity index is 2.36. The van der Waals surface area contributed by atoms with Gasteiger partial charge >= 0.3 is 0 Å². The molecule has 0 saturated heterocycles. The molecule has 102 valence electrons. The Morgan fingerprint density at radius 3 is 2.53 bits per heavy atom. The zero-order valence-corrected chi connectivity index (χ0v) is 12.2. The van der Waals surface area contributed by atoms with Crippen molar-refractivity contribution in [3.05, 3.63) is 0 Å². The van der Waals surface area contributed by atoms with Crippen LogP contribution in [0.4, 0.5) is 0 Å². The van der Waals surface area contributed by atoms with Crippen LogP contribution in [0.5, 0.6) is 0 Å². The predicted molar refractivity (Wildman–Crippen MR) is 72.7 cm³/mol. The summed E-state index contributed by atoms with van der Waals surface area (Å²) in [6.07, 6.45) is 6.24. The SMILES string of the molecule is CSC(CO)C(C)NS(=O)(=O)CCC1CCC1. The van der Waals surface area contributed by atoms with Crippen molar-refractivity contribution in [1.29, 1.82) is 0 Å². The average molecular weight is 281 g/mol. The summed E-state index contributed by atoms with van der Waals surface area (Å²) in [5.41, 5.74) is 0. The van der Waals surface area contributed by atoms with Gasteiger partial charge in [-0.15, -0.1) is 0 Å². The summed E-state index contributed by atoms with van der Waals surface area (Å²) < 4.78 is 26.3. The van der Waals surface area contributed by atoms with Crippen molar-refractivity contribution in [2.75, 3.05) is 18.6 Å². The smallest absolute Gasteiger partial charge is 0.211 e. The molecule has 2 unspecified atom stereocenters. The topological polar surface area (TPSA) is 66.4 Å². The predicted octanol–water partition coefficient (Wildman–Crippen LogP) is 1.21. The van der Waals surface area contributed by atoms with Crippen molar-refractivity contribution in [3.8, 4) is 0 Å². The highest BCUT2D eigenvalue weighted by molar-refractivity contribution is 7.99. The lowest BCUT2D eigenvalue weighted by atomic mass is 9.84. The third kappa shape index (κ3) is 5.16. The summed E-state index contributed by atoms with van der Waals surface area (Å²) in [6, 6.07) is -0.221. The Kier molecular flexibility index (Phi) is 6.26. The molecule has 0 aromatic carbocycles. The molecule has 0 amide bonds. The molecule has 0 aliphatic heterocycles. The molecule has 0 aromatic heterocycles. The molecule has 1 aliphatic rings. The van der Waals surface area contributed by atoms with Gasteiger partial charge < -0.3 is 5.11 Å². The first-order valence-corrected chi connectivity index (χ1v) is 9.06. The van der Waals surface area contributed by atoms with Gasteiger partial charge in [-0.25, -0.2) is 13.1 Å². The van der Waals surface area contributed by atoms with E-state index in [4.69, 9.17) is 5.11 Å². The molecule has 1 fully saturated rings. The van der Waals surface area contributed by atoms with E-state index in [1.807, 2.05) is 6.26 Å². The van der Waals surface area contributed by atoms with Crippen molar-refractivity contribution in [2.45, 2.75) is 43.9 Å². The van der Waals surface area contributed by atoms with Crippen LogP contribution in [0.3, 0.4) is 0 Å². The number of aliphatic hydroxyl groups excluding tert-OH is 1. The van der Waals surface area contributed by atoms with Crippen molar-refractivity contribution < 1.29 is 13.5 Å². The Morgan fingerprint density at radius 2 is 2.12 bits per heavy atom. The van der Waals surface area contributed by atoms with E-state index in [-0.39, 0.29) is 23.7 Å². The summed E-state index contributed by atoms with van der Waals surface area (Å²) in [6.45, 7) is 1.80. The van der Waals surface area contributed by atoms with E-state index in [9.17, 15) is 8.42 Å². The van der Waals surface area contributed by atoms with Gasteiger partial charge in [0.2, 0.25) is 10.0 Å². The van der Waals surface area contributed by atoms with Crippen molar-refractivity contribution in [3.63, 3.8) is 0 Å². The minimum atomic E-state index is -3.19. The fourth-order valence-electron chi connectivity index (χ4n) is 1.96. The summed E-state index contributed by atoms with van der Waals surface area (Å²) in [4.78, 5) is 0. The zero-order valence-electron chi connectivity index (χ0n) is 10.6. The van der Waals surface area contributed by atoms with Crippen LogP contribution in [0.25, 0.3) is 0 Å². The van der Waals surface area contributed by atoms with Gasteiger partial charge in [-0.3, -0.25) is 0 Å². The molecular formula is C11H23NO3S2. The van der Waals surface area contributed by atoms with Crippen LogP contribution < -0.4 is 4.72 Å². The lowest BCUT2D eigenvalue weighted by Crippen LogP contribution is -2.42. The number of sulfonamides is 1. The number of hydrogen-bond donors (Lipinski definition) is 2. The number of hydrogen-bond acceptors (Lipinski definition) is 4. The van der Waals surface area contributed by atoms with Crippen LogP contribution in [0.15, 0.2) is 0 Å². The minimum Gasteiger partial charge on any atom is -0.395 e. The van der Waals surface area contributed by atoms with Gasteiger partial charge in [0.1, 0.15) is 0 Å². The van der Waals surface area contributed by atoms with Gasteiger partial charge in [-0.05, 0) is 25.5 Å². The molecule has 2 N–H and O–H groups in total. The van der Waals surface area contributed by atoms with Crippen LogP contribution in [0, 0.1) is 5.92 Å². The maximum atomic E-state index is 11.8. The molecule has 0 bridgehead atoms. The highest BCUT2D eigenvalue weighted by atomic mass is 32.2. The van der Waals surface area contributed by atoms with E-state index in [0.717, 1.165) is 6.42 Å². The zero-order chi connectivity index (χ0) is 12.9. The maximum Gasteiger partial charge on any atom is 0.211 e. The number of aliphatic hydroxyl groups is 1. The Hall–Kier alpha value is 0.220. The molecule has 1 aliphatic carbocycles. The first kappa shape index (κ1) is 15.3. The fourth-order valence-corrected chi connectivity index (χ4v) is 4.16. The molecule has 0 heterocycles. The molecule has 1 saturated carbocycles. The van der Waals surface area contributed by atoms with Gasteiger partial charge in [0.15, 0.2) is 0 Å². The largest absolute Gasteiger partial charge is 0.395 e. The molecule has 0 spiro atoms. The summed E-state index contributed by atoms with van der Waals surface area (Å²) in [5, 5.41) is 9.03. The van der Waals surface area contributed by atoms with Crippen LogP contribution >= 0.6 is 11.8 Å². The van der Waals surface area contributed by atoms with Crippen molar-refractivity contribution >= 4 is 21.8 Å². The summed E-state index contributed by atoms with van der Waals surface area (Å²) in [5.74, 6) is 0.824. The number of thioether (sulfide) groups is 1.